The zero-order valence-corrected chi connectivity index (χ0v) is 15.4. The monoisotopic (exact) mass is 385 g/mol. The van der Waals surface area contributed by atoms with Crippen LogP contribution in [-0.2, 0) is 9.53 Å². The summed E-state index contributed by atoms with van der Waals surface area (Å²) in [6.07, 6.45) is -0.628. The van der Waals surface area contributed by atoms with Gasteiger partial charge in [-0.1, -0.05) is 17.7 Å². The van der Waals surface area contributed by atoms with Gasteiger partial charge in [0.15, 0.2) is 0 Å². The van der Waals surface area contributed by atoms with Gasteiger partial charge in [-0.2, -0.15) is 0 Å². The maximum atomic E-state index is 12.2. The van der Waals surface area contributed by atoms with Crippen LogP contribution in [0, 0.1) is 10.1 Å². The molecule has 1 aliphatic rings. The molecule has 0 spiro atoms. The molecule has 1 heterocycles. The van der Waals surface area contributed by atoms with Crippen molar-refractivity contribution in [3.8, 4) is 0 Å². The van der Waals surface area contributed by atoms with E-state index >= 15 is 0 Å². The molecule has 0 saturated carbocycles. The van der Waals surface area contributed by atoms with Crippen LogP contribution in [0.2, 0.25) is 5.02 Å². The predicted octanol–water partition coefficient (Wildman–Crippen LogP) is 2.76. The van der Waals surface area contributed by atoms with Gasteiger partial charge in [0.2, 0.25) is 0 Å². The fourth-order valence-electron chi connectivity index (χ4n) is 2.69. The molecule has 10 heteroatoms. The second kappa shape index (κ2) is 7.36. The molecule has 9 nitrogen and oxygen atoms in total. The quantitative estimate of drug-likeness (QED) is 0.628. The van der Waals surface area contributed by atoms with Crippen molar-refractivity contribution in [2.45, 2.75) is 32.4 Å². The molecule has 142 valence electrons. The zero-order chi connectivity index (χ0) is 19.6. The summed E-state index contributed by atoms with van der Waals surface area (Å²) in [7, 11) is 0. The van der Waals surface area contributed by atoms with Crippen LogP contribution < -0.4 is 4.90 Å². The zero-order valence-electron chi connectivity index (χ0n) is 14.6. The molecule has 1 amide bonds. The van der Waals surface area contributed by atoms with Crippen LogP contribution >= 0.6 is 11.6 Å². The predicted molar refractivity (Wildman–Crippen MR) is 94.7 cm³/mol. The number of aliphatic carboxylic acids is 1. The van der Waals surface area contributed by atoms with Gasteiger partial charge < -0.3 is 19.6 Å². The molecule has 0 radical (unpaired) electrons. The number of carboxylic acid groups (broad SMARTS) is 1. The fraction of sp³-hybridized carbons (Fsp3) is 0.500. The van der Waals surface area contributed by atoms with Crippen molar-refractivity contribution in [2.24, 2.45) is 0 Å². The summed E-state index contributed by atoms with van der Waals surface area (Å²) in [5, 5.41) is 21.0. The average Bonchev–Trinajstić information content (AvgIpc) is 2.52. The van der Waals surface area contributed by atoms with Crippen LogP contribution in [0.15, 0.2) is 18.2 Å². The first kappa shape index (κ1) is 19.8. The molecule has 0 aliphatic carbocycles. The van der Waals surface area contributed by atoms with Crippen molar-refractivity contribution < 1.29 is 24.4 Å². The van der Waals surface area contributed by atoms with E-state index in [0.717, 1.165) is 0 Å². The molecule has 0 bridgehead atoms. The lowest BCUT2D eigenvalue weighted by molar-refractivity contribution is -0.384. The van der Waals surface area contributed by atoms with Crippen LogP contribution in [0.25, 0.3) is 0 Å². The van der Waals surface area contributed by atoms with Crippen LogP contribution in [0.4, 0.5) is 16.2 Å². The lowest BCUT2D eigenvalue weighted by Gasteiger charge is -2.40. The second-order valence-corrected chi connectivity index (χ2v) is 7.25. The third-order valence-electron chi connectivity index (χ3n) is 3.77. The van der Waals surface area contributed by atoms with Crippen molar-refractivity contribution in [2.75, 3.05) is 24.5 Å². The standard InChI is InChI=1S/C16H20ClN3O6/c1-16(2,3)26-15(23)18-7-8-19(12(9-18)14(21)22)13-10(17)5-4-6-11(13)20(24)25/h4-6,12H,7-9H2,1-3H3,(H,21,22). The number of nitrogens with zero attached hydrogens (tertiary/aromatic N) is 3. The highest BCUT2D eigenvalue weighted by Crippen LogP contribution is 2.37. The molecular formula is C16H20ClN3O6. The van der Waals surface area contributed by atoms with Crippen LogP contribution in [0.1, 0.15) is 20.8 Å². The van der Waals surface area contributed by atoms with Gasteiger partial charge in [0.25, 0.3) is 5.69 Å². The lowest BCUT2D eigenvalue weighted by atomic mass is 10.1. The Morgan fingerprint density at radius 2 is 2.00 bits per heavy atom. The molecule has 2 rings (SSSR count). The van der Waals surface area contributed by atoms with Gasteiger partial charge in [0.05, 0.1) is 16.5 Å². The maximum absolute atomic E-state index is 12.2. The van der Waals surface area contributed by atoms with E-state index in [-0.39, 0.29) is 36.0 Å². The summed E-state index contributed by atoms with van der Waals surface area (Å²) in [4.78, 5) is 37.3. The number of carboxylic acids is 1. The Balaban J connectivity index is 2.32. The van der Waals surface area contributed by atoms with E-state index in [4.69, 9.17) is 16.3 Å². The summed E-state index contributed by atoms with van der Waals surface area (Å²) in [6.45, 7) is 5.18. The highest BCUT2D eigenvalue weighted by molar-refractivity contribution is 6.33. The summed E-state index contributed by atoms with van der Waals surface area (Å²) in [5.41, 5.74) is -0.959. The van der Waals surface area contributed by atoms with E-state index in [9.17, 15) is 24.8 Å². The minimum absolute atomic E-state index is 0.0374. The molecule has 1 aromatic rings. The number of hydrogen-bond acceptors (Lipinski definition) is 6. The number of para-hydroxylation sites is 1. The topological polar surface area (TPSA) is 113 Å². The number of nitro groups is 1. The average molecular weight is 386 g/mol. The number of carbonyl (C=O) groups excluding carboxylic acids is 1. The summed E-state index contributed by atoms with van der Waals surface area (Å²) in [5.74, 6) is -1.22. The first-order valence-corrected chi connectivity index (χ1v) is 8.29. The van der Waals surface area contributed by atoms with E-state index in [0.29, 0.717) is 0 Å². The second-order valence-electron chi connectivity index (χ2n) is 6.84. The van der Waals surface area contributed by atoms with Crippen molar-refractivity contribution >= 4 is 35.0 Å². The van der Waals surface area contributed by atoms with E-state index in [2.05, 4.69) is 0 Å². The molecule has 26 heavy (non-hydrogen) atoms. The number of piperazine rings is 1. The number of rotatable bonds is 3. The number of amides is 1. The van der Waals surface area contributed by atoms with Gasteiger partial charge in [-0.3, -0.25) is 10.1 Å². The number of carbonyl (C=O) groups is 2. The molecule has 1 unspecified atom stereocenters. The Morgan fingerprint density at radius 1 is 1.35 bits per heavy atom. The molecule has 1 saturated heterocycles. The summed E-state index contributed by atoms with van der Waals surface area (Å²) < 4.78 is 5.27. The molecule has 0 aromatic heterocycles. The van der Waals surface area contributed by atoms with Crippen LogP contribution in [0.5, 0.6) is 0 Å². The van der Waals surface area contributed by atoms with Crippen molar-refractivity contribution in [1.29, 1.82) is 0 Å². The molecular weight excluding hydrogens is 366 g/mol. The van der Waals surface area contributed by atoms with Crippen molar-refractivity contribution in [3.05, 3.63) is 33.3 Å². The van der Waals surface area contributed by atoms with Gasteiger partial charge in [0.1, 0.15) is 17.3 Å². The largest absolute Gasteiger partial charge is 0.480 e. The molecule has 1 atom stereocenters. The molecule has 1 fully saturated rings. The van der Waals surface area contributed by atoms with Gasteiger partial charge in [-0.15, -0.1) is 0 Å². The third-order valence-corrected chi connectivity index (χ3v) is 4.07. The summed E-state index contributed by atoms with van der Waals surface area (Å²) >= 11 is 6.12. The van der Waals surface area contributed by atoms with Crippen LogP contribution in [-0.4, -0.2) is 58.3 Å². The smallest absolute Gasteiger partial charge is 0.410 e. The highest BCUT2D eigenvalue weighted by Gasteiger charge is 2.39. The Bertz CT molecular complexity index is 733. The van der Waals surface area contributed by atoms with Gasteiger partial charge >= 0.3 is 12.1 Å². The van der Waals surface area contributed by atoms with Gasteiger partial charge in [-0.25, -0.2) is 9.59 Å². The lowest BCUT2D eigenvalue weighted by Crippen LogP contribution is -2.58. The van der Waals surface area contributed by atoms with E-state index in [1.807, 2.05) is 0 Å². The minimum atomic E-state index is -1.22. The number of nitro benzene ring substituents is 1. The molecule has 1 aliphatic heterocycles. The highest BCUT2D eigenvalue weighted by atomic mass is 35.5. The Kier molecular flexibility index (Phi) is 5.60. The number of ether oxygens (including phenoxy) is 1. The normalized spacial score (nSPS) is 17.8. The minimum Gasteiger partial charge on any atom is -0.480 e. The Labute approximate surface area is 155 Å². The number of hydrogen-bond donors (Lipinski definition) is 1. The maximum Gasteiger partial charge on any atom is 0.410 e. The Morgan fingerprint density at radius 3 is 2.54 bits per heavy atom. The molecule has 1 N–H and O–H groups in total. The van der Waals surface area contributed by atoms with Crippen molar-refractivity contribution in [1.82, 2.24) is 4.90 Å². The van der Waals surface area contributed by atoms with Crippen LogP contribution in [0.3, 0.4) is 0 Å². The number of halogens is 1. The number of anilines is 1. The Hall–Kier alpha value is -2.55. The van der Waals surface area contributed by atoms with Gasteiger partial charge in [-0.05, 0) is 26.8 Å². The number of benzene rings is 1. The van der Waals surface area contributed by atoms with Crippen molar-refractivity contribution in [3.63, 3.8) is 0 Å². The van der Waals surface area contributed by atoms with E-state index in [1.165, 1.54) is 28.0 Å². The summed E-state index contributed by atoms with van der Waals surface area (Å²) in [6, 6.07) is 2.97. The van der Waals surface area contributed by atoms with E-state index < -0.39 is 28.6 Å². The third kappa shape index (κ3) is 4.34. The van der Waals surface area contributed by atoms with Gasteiger partial charge in [0, 0.05) is 19.2 Å². The SMILES string of the molecule is CC(C)(C)OC(=O)N1CCN(c2c(Cl)cccc2[N+](=O)[O-])C(C(=O)O)C1. The fourth-order valence-corrected chi connectivity index (χ4v) is 2.97. The van der Waals surface area contributed by atoms with E-state index in [1.54, 1.807) is 20.8 Å². The first-order chi connectivity index (χ1) is 12.0. The first-order valence-electron chi connectivity index (χ1n) is 7.91. The molecule has 1 aromatic carbocycles.